The van der Waals surface area contributed by atoms with E-state index in [4.69, 9.17) is 4.74 Å². The molecular formula is C20H24N2O2S. The lowest BCUT2D eigenvalue weighted by Gasteiger charge is -2.36. The second-order valence-corrected chi connectivity index (χ2v) is 8.19. The molecule has 0 saturated heterocycles. The van der Waals surface area contributed by atoms with E-state index >= 15 is 0 Å². The van der Waals surface area contributed by atoms with Gasteiger partial charge in [-0.3, -0.25) is 0 Å². The van der Waals surface area contributed by atoms with Crippen LogP contribution in [0.3, 0.4) is 0 Å². The number of ether oxygens (including phenoxy) is 1. The van der Waals surface area contributed by atoms with Crippen LogP contribution < -0.4 is 10.6 Å². The lowest BCUT2D eigenvalue weighted by molar-refractivity contribution is 0.125. The van der Waals surface area contributed by atoms with Gasteiger partial charge in [0.05, 0.1) is 0 Å². The molecule has 0 unspecified atom stereocenters. The monoisotopic (exact) mass is 356 g/mol. The molecule has 1 aromatic heterocycles. The molecule has 1 fully saturated rings. The minimum atomic E-state index is -0.318. The largest absolute Gasteiger partial charge is 0.445 e. The van der Waals surface area contributed by atoms with E-state index in [1.807, 2.05) is 41.7 Å². The zero-order valence-corrected chi connectivity index (χ0v) is 15.1. The first kappa shape index (κ1) is 16.6. The molecule has 2 aliphatic carbocycles. The van der Waals surface area contributed by atoms with E-state index < -0.39 is 0 Å². The second-order valence-electron chi connectivity index (χ2n) is 6.97. The van der Waals surface area contributed by atoms with Crippen LogP contribution in [0.25, 0.3) is 0 Å². The molecule has 4 rings (SSSR count). The third-order valence-electron chi connectivity index (χ3n) is 5.04. The predicted molar refractivity (Wildman–Crippen MR) is 99.8 cm³/mol. The first-order chi connectivity index (χ1) is 12.3. The number of aryl methyl sites for hydroxylation is 2. The highest BCUT2D eigenvalue weighted by Crippen LogP contribution is 2.31. The third kappa shape index (κ3) is 4.22. The van der Waals surface area contributed by atoms with E-state index in [9.17, 15) is 4.79 Å². The molecule has 2 aliphatic rings. The van der Waals surface area contributed by atoms with Gasteiger partial charge in [-0.05, 0) is 49.3 Å². The second kappa shape index (κ2) is 7.58. The van der Waals surface area contributed by atoms with Crippen molar-refractivity contribution in [2.24, 2.45) is 0 Å². The molecule has 132 valence electrons. The topological polar surface area (TPSA) is 50.4 Å². The van der Waals surface area contributed by atoms with Gasteiger partial charge in [0.15, 0.2) is 0 Å². The van der Waals surface area contributed by atoms with Gasteiger partial charge < -0.3 is 15.4 Å². The van der Waals surface area contributed by atoms with Gasteiger partial charge in [-0.1, -0.05) is 30.3 Å². The lowest BCUT2D eigenvalue weighted by Crippen LogP contribution is -2.52. The van der Waals surface area contributed by atoms with Gasteiger partial charge in [0.2, 0.25) is 0 Å². The van der Waals surface area contributed by atoms with Crippen molar-refractivity contribution < 1.29 is 9.53 Å². The molecule has 0 radical (unpaired) electrons. The van der Waals surface area contributed by atoms with Gasteiger partial charge >= 0.3 is 6.09 Å². The molecule has 0 atom stereocenters. The minimum Gasteiger partial charge on any atom is -0.445 e. The van der Waals surface area contributed by atoms with Gasteiger partial charge in [-0.25, -0.2) is 4.79 Å². The quantitative estimate of drug-likeness (QED) is 0.828. The number of alkyl carbamates (subject to hydrolysis) is 1. The molecule has 2 N–H and O–H groups in total. The SMILES string of the molecule is O=C(NC1CC(NCc2cc3c(s2)CCC3)C1)OCc1ccccc1. The fourth-order valence-electron chi connectivity index (χ4n) is 3.56. The summed E-state index contributed by atoms with van der Waals surface area (Å²) < 4.78 is 5.26. The predicted octanol–water partition coefficient (Wildman–Crippen LogP) is 3.78. The van der Waals surface area contributed by atoms with Crippen LogP contribution in [0, 0.1) is 0 Å². The summed E-state index contributed by atoms with van der Waals surface area (Å²) >= 11 is 1.96. The van der Waals surface area contributed by atoms with Crippen LogP contribution in [0.2, 0.25) is 0 Å². The standard InChI is InChI=1S/C20H24N2O2S/c23-20(24-13-14-5-2-1-3-6-14)22-17-10-16(11-17)21-12-18-9-15-7-4-8-19(15)25-18/h1-3,5-6,9,16-17,21H,4,7-8,10-13H2,(H,22,23). The third-order valence-corrected chi connectivity index (χ3v) is 6.27. The maximum atomic E-state index is 11.8. The van der Waals surface area contributed by atoms with Crippen molar-refractivity contribution in [2.45, 2.75) is 57.3 Å². The van der Waals surface area contributed by atoms with Crippen LogP contribution in [-0.2, 0) is 30.7 Å². The fraction of sp³-hybridized carbons (Fsp3) is 0.450. The Balaban J connectivity index is 1.12. The average molecular weight is 356 g/mol. The van der Waals surface area contributed by atoms with E-state index in [1.165, 1.54) is 24.1 Å². The first-order valence-corrected chi connectivity index (χ1v) is 9.89. The number of thiophene rings is 1. The molecule has 1 aromatic carbocycles. The van der Waals surface area contributed by atoms with Crippen LogP contribution >= 0.6 is 11.3 Å². The number of rotatable bonds is 6. The van der Waals surface area contributed by atoms with E-state index in [0.717, 1.165) is 24.9 Å². The first-order valence-electron chi connectivity index (χ1n) is 9.07. The maximum Gasteiger partial charge on any atom is 0.407 e. The van der Waals surface area contributed by atoms with Crippen molar-refractivity contribution >= 4 is 17.4 Å². The van der Waals surface area contributed by atoms with Crippen molar-refractivity contribution in [2.75, 3.05) is 0 Å². The van der Waals surface area contributed by atoms with Crippen LogP contribution in [0.1, 0.15) is 40.1 Å². The van der Waals surface area contributed by atoms with Gasteiger partial charge in [0.1, 0.15) is 6.61 Å². The van der Waals surface area contributed by atoms with Gasteiger partial charge in [0.25, 0.3) is 0 Å². The molecule has 0 spiro atoms. The van der Waals surface area contributed by atoms with Crippen molar-refractivity contribution in [1.29, 1.82) is 0 Å². The highest BCUT2D eigenvalue weighted by Gasteiger charge is 2.30. The van der Waals surface area contributed by atoms with Crippen LogP contribution in [-0.4, -0.2) is 18.2 Å². The fourth-order valence-corrected chi connectivity index (χ4v) is 4.77. The van der Waals surface area contributed by atoms with E-state index in [-0.39, 0.29) is 12.1 Å². The molecule has 2 aromatic rings. The molecule has 5 heteroatoms. The van der Waals surface area contributed by atoms with Crippen molar-refractivity contribution in [3.05, 3.63) is 57.3 Å². The smallest absolute Gasteiger partial charge is 0.407 e. The Morgan fingerprint density at radius 3 is 2.80 bits per heavy atom. The van der Waals surface area contributed by atoms with Crippen molar-refractivity contribution in [3.63, 3.8) is 0 Å². The van der Waals surface area contributed by atoms with Gasteiger partial charge in [0, 0.05) is 28.4 Å². The lowest BCUT2D eigenvalue weighted by atomic mass is 9.87. The van der Waals surface area contributed by atoms with Crippen LogP contribution in [0.15, 0.2) is 36.4 Å². The number of benzene rings is 1. The molecular weight excluding hydrogens is 332 g/mol. The molecule has 25 heavy (non-hydrogen) atoms. The number of carbonyl (C=O) groups excluding carboxylic acids is 1. The molecule has 0 bridgehead atoms. The summed E-state index contributed by atoms with van der Waals surface area (Å²) in [6.45, 7) is 1.28. The number of hydrogen-bond donors (Lipinski definition) is 2. The summed E-state index contributed by atoms with van der Waals surface area (Å²) in [7, 11) is 0. The average Bonchev–Trinajstić information content (AvgIpc) is 3.17. The zero-order chi connectivity index (χ0) is 17.1. The Hall–Kier alpha value is -1.85. The zero-order valence-electron chi connectivity index (χ0n) is 14.3. The van der Waals surface area contributed by atoms with Gasteiger partial charge in [-0.2, -0.15) is 0 Å². The minimum absolute atomic E-state index is 0.231. The Labute approximate surface area is 152 Å². The number of nitrogens with one attached hydrogen (secondary N) is 2. The molecule has 1 saturated carbocycles. The number of fused-ring (bicyclic) bond motifs is 1. The highest BCUT2D eigenvalue weighted by molar-refractivity contribution is 7.12. The number of hydrogen-bond acceptors (Lipinski definition) is 4. The van der Waals surface area contributed by atoms with Crippen LogP contribution in [0.4, 0.5) is 4.79 Å². The summed E-state index contributed by atoms with van der Waals surface area (Å²) in [6, 6.07) is 12.9. The summed E-state index contributed by atoms with van der Waals surface area (Å²) in [6.07, 6.45) is 5.48. The van der Waals surface area contributed by atoms with Gasteiger partial charge in [-0.15, -0.1) is 11.3 Å². The van der Waals surface area contributed by atoms with Crippen LogP contribution in [0.5, 0.6) is 0 Å². The molecule has 1 heterocycles. The summed E-state index contributed by atoms with van der Waals surface area (Å²) in [4.78, 5) is 14.9. The van der Waals surface area contributed by atoms with E-state index in [0.29, 0.717) is 12.6 Å². The summed E-state index contributed by atoms with van der Waals surface area (Å²) in [5, 5.41) is 6.55. The number of carbonyl (C=O) groups is 1. The Morgan fingerprint density at radius 2 is 2.00 bits per heavy atom. The maximum absolute atomic E-state index is 11.8. The highest BCUT2D eigenvalue weighted by atomic mass is 32.1. The van der Waals surface area contributed by atoms with Crippen molar-refractivity contribution in [3.8, 4) is 0 Å². The Morgan fingerprint density at radius 1 is 1.16 bits per heavy atom. The van der Waals surface area contributed by atoms with E-state index in [2.05, 4.69) is 16.7 Å². The Kier molecular flexibility index (Phi) is 5.04. The molecule has 0 aliphatic heterocycles. The van der Waals surface area contributed by atoms with Crippen molar-refractivity contribution in [1.82, 2.24) is 10.6 Å². The molecule has 1 amide bonds. The molecule has 4 nitrogen and oxygen atoms in total. The summed E-state index contributed by atoms with van der Waals surface area (Å²) in [5.41, 5.74) is 2.57. The summed E-state index contributed by atoms with van der Waals surface area (Å²) in [5.74, 6) is 0. The van der Waals surface area contributed by atoms with E-state index in [1.54, 1.807) is 10.4 Å². The number of amides is 1. The normalized spacial score (nSPS) is 21.4. The Bertz CT molecular complexity index is 701.